The first-order valence-electron chi connectivity index (χ1n) is 9.57. The molecule has 1 amide bonds. The van der Waals surface area contributed by atoms with Crippen LogP contribution in [0.15, 0.2) is 35.1 Å². The first kappa shape index (κ1) is 17.2. The second-order valence-corrected chi connectivity index (χ2v) is 7.33. The molecule has 0 bridgehead atoms. The minimum absolute atomic E-state index is 0.187. The highest BCUT2D eigenvalue weighted by Crippen LogP contribution is 2.38. The Morgan fingerprint density at radius 1 is 1.11 bits per heavy atom. The number of nitrogens with one attached hydrogen (secondary N) is 1. The van der Waals surface area contributed by atoms with E-state index < -0.39 is 0 Å². The van der Waals surface area contributed by atoms with Gasteiger partial charge in [0.05, 0.1) is 30.5 Å². The highest BCUT2D eigenvalue weighted by atomic mass is 16.6. The molecule has 1 aliphatic carbocycles. The minimum atomic E-state index is -0.354. The van der Waals surface area contributed by atoms with Crippen molar-refractivity contribution in [2.75, 3.05) is 26.4 Å². The number of carbonyl (C=O) groups excluding carboxylic acids is 1. The predicted molar refractivity (Wildman–Crippen MR) is 99.0 cm³/mol. The van der Waals surface area contributed by atoms with Crippen molar-refractivity contribution < 1.29 is 19.0 Å². The van der Waals surface area contributed by atoms with Crippen molar-refractivity contribution >= 4 is 5.91 Å². The summed E-state index contributed by atoms with van der Waals surface area (Å²) in [7, 11) is 0. The lowest BCUT2D eigenvalue weighted by Gasteiger charge is -2.23. The fraction of sp³-hybridized carbons (Fsp3) is 0.450. The molecule has 146 valence electrons. The van der Waals surface area contributed by atoms with Gasteiger partial charge in [0.2, 0.25) is 0 Å². The van der Waals surface area contributed by atoms with Gasteiger partial charge in [-0.2, -0.15) is 5.10 Å². The van der Waals surface area contributed by atoms with Crippen molar-refractivity contribution in [3.63, 3.8) is 0 Å². The summed E-state index contributed by atoms with van der Waals surface area (Å²) in [5.74, 6) is 1.17. The quantitative estimate of drug-likeness (QED) is 0.855. The lowest BCUT2D eigenvalue weighted by Crippen LogP contribution is -2.44. The summed E-state index contributed by atoms with van der Waals surface area (Å²) in [5, 5.41) is 7.53. The van der Waals surface area contributed by atoms with Gasteiger partial charge in [-0.1, -0.05) is 6.07 Å². The Morgan fingerprint density at radius 2 is 1.96 bits per heavy atom. The van der Waals surface area contributed by atoms with Gasteiger partial charge in [-0.25, -0.2) is 4.68 Å². The van der Waals surface area contributed by atoms with Crippen LogP contribution < -0.4 is 20.3 Å². The monoisotopic (exact) mass is 383 g/mol. The Hall–Kier alpha value is -2.87. The zero-order valence-corrected chi connectivity index (χ0v) is 15.3. The van der Waals surface area contributed by atoms with Crippen LogP contribution in [-0.4, -0.2) is 48.2 Å². The molecule has 1 saturated heterocycles. The minimum Gasteiger partial charge on any atom is -0.486 e. The molecule has 28 heavy (non-hydrogen) atoms. The van der Waals surface area contributed by atoms with E-state index in [0.29, 0.717) is 49.4 Å². The number of nitrogens with zero attached hydrogens (tertiary/aromatic N) is 2. The van der Waals surface area contributed by atoms with Crippen LogP contribution in [0.4, 0.5) is 0 Å². The summed E-state index contributed by atoms with van der Waals surface area (Å²) in [5.41, 5.74) is 1.15. The van der Waals surface area contributed by atoms with Crippen LogP contribution in [0.1, 0.15) is 40.9 Å². The van der Waals surface area contributed by atoms with E-state index in [1.54, 1.807) is 30.3 Å². The predicted octanol–water partition coefficient (Wildman–Crippen LogP) is 1.26. The van der Waals surface area contributed by atoms with Gasteiger partial charge in [0, 0.05) is 12.0 Å². The average Bonchev–Trinajstić information content (AvgIpc) is 3.47. The second-order valence-electron chi connectivity index (χ2n) is 7.33. The molecule has 1 aromatic carbocycles. The Balaban J connectivity index is 1.39. The largest absolute Gasteiger partial charge is 0.486 e. The van der Waals surface area contributed by atoms with Gasteiger partial charge < -0.3 is 19.5 Å². The lowest BCUT2D eigenvalue weighted by molar-refractivity contribution is 0.0913. The number of ether oxygens (including phenoxy) is 3. The summed E-state index contributed by atoms with van der Waals surface area (Å²) in [6, 6.07) is 7.89. The zero-order chi connectivity index (χ0) is 19.1. The molecule has 1 N–H and O–H groups in total. The number of aromatic nitrogens is 2. The van der Waals surface area contributed by atoms with Gasteiger partial charge in [0.1, 0.15) is 19.3 Å². The maximum atomic E-state index is 12.9. The van der Waals surface area contributed by atoms with Crippen molar-refractivity contribution in [3.8, 4) is 11.5 Å². The molecule has 2 fully saturated rings. The summed E-state index contributed by atoms with van der Waals surface area (Å²) in [4.78, 5) is 25.3. The molecule has 2 aliphatic heterocycles. The van der Waals surface area contributed by atoms with Crippen LogP contribution in [-0.2, 0) is 4.74 Å². The van der Waals surface area contributed by atoms with Gasteiger partial charge >= 0.3 is 0 Å². The van der Waals surface area contributed by atoms with Crippen LogP contribution in [0.3, 0.4) is 0 Å². The average molecular weight is 383 g/mol. The maximum Gasteiger partial charge on any atom is 0.267 e. The van der Waals surface area contributed by atoms with Gasteiger partial charge in [-0.05, 0) is 31.0 Å². The third-order valence-corrected chi connectivity index (χ3v) is 5.33. The molecule has 2 unspecified atom stereocenters. The lowest BCUT2D eigenvalue weighted by atomic mass is 10.1. The van der Waals surface area contributed by atoms with Crippen molar-refractivity contribution in [2.45, 2.75) is 30.8 Å². The van der Waals surface area contributed by atoms with E-state index in [-0.39, 0.29) is 23.6 Å². The van der Waals surface area contributed by atoms with Crippen LogP contribution in [0.2, 0.25) is 0 Å². The van der Waals surface area contributed by atoms with E-state index in [1.807, 2.05) is 0 Å². The molecule has 1 aromatic heterocycles. The second kappa shape index (κ2) is 6.94. The molecular formula is C20H21N3O5. The number of para-hydroxylation sites is 1. The standard InChI is InChI=1S/C20H21N3O5/c24-18-7-6-14(12-4-5-12)22-23(18)16-11-26-10-15(16)21-20(25)13-2-1-3-17-19(13)28-9-8-27-17/h1-3,6-7,12,15-16H,4-5,8-11H2,(H,21,25). The Morgan fingerprint density at radius 3 is 2.82 bits per heavy atom. The van der Waals surface area contributed by atoms with Crippen molar-refractivity contribution in [3.05, 3.63) is 51.9 Å². The van der Waals surface area contributed by atoms with Gasteiger partial charge in [-0.3, -0.25) is 9.59 Å². The topological polar surface area (TPSA) is 91.7 Å². The Kier molecular flexibility index (Phi) is 4.27. The SMILES string of the molecule is O=C(NC1COCC1n1nc(C2CC2)ccc1=O)c1cccc2c1OCCO2. The first-order valence-corrected chi connectivity index (χ1v) is 9.57. The van der Waals surface area contributed by atoms with Crippen molar-refractivity contribution in [1.29, 1.82) is 0 Å². The van der Waals surface area contributed by atoms with Crippen molar-refractivity contribution in [1.82, 2.24) is 15.1 Å². The molecule has 5 rings (SSSR count). The van der Waals surface area contributed by atoms with E-state index in [9.17, 15) is 9.59 Å². The Bertz CT molecular complexity index is 969. The van der Waals surface area contributed by atoms with Gasteiger partial charge in [0.15, 0.2) is 11.5 Å². The fourth-order valence-electron chi connectivity index (χ4n) is 3.70. The third kappa shape index (κ3) is 3.13. The summed E-state index contributed by atoms with van der Waals surface area (Å²) >= 11 is 0. The van der Waals surface area contributed by atoms with Gasteiger partial charge in [0.25, 0.3) is 11.5 Å². The molecule has 3 heterocycles. The normalized spacial score (nSPS) is 23.4. The molecule has 3 aliphatic rings. The Labute approximate surface area is 161 Å². The number of hydrogen-bond donors (Lipinski definition) is 1. The molecule has 8 nitrogen and oxygen atoms in total. The smallest absolute Gasteiger partial charge is 0.267 e. The summed E-state index contributed by atoms with van der Waals surface area (Å²) in [6.07, 6.45) is 2.21. The maximum absolute atomic E-state index is 12.9. The zero-order valence-electron chi connectivity index (χ0n) is 15.3. The molecule has 8 heteroatoms. The molecule has 0 spiro atoms. The number of hydrogen-bond acceptors (Lipinski definition) is 6. The fourth-order valence-corrected chi connectivity index (χ4v) is 3.70. The van der Waals surface area contributed by atoms with Crippen LogP contribution in [0, 0.1) is 0 Å². The molecule has 1 saturated carbocycles. The van der Waals surface area contributed by atoms with Crippen LogP contribution in [0.5, 0.6) is 11.5 Å². The highest BCUT2D eigenvalue weighted by Gasteiger charge is 2.35. The number of rotatable bonds is 4. The van der Waals surface area contributed by atoms with E-state index in [1.165, 1.54) is 4.68 Å². The molecule has 0 radical (unpaired) electrons. The summed E-state index contributed by atoms with van der Waals surface area (Å²) < 4.78 is 18.2. The van der Waals surface area contributed by atoms with E-state index in [0.717, 1.165) is 18.5 Å². The van der Waals surface area contributed by atoms with E-state index in [2.05, 4.69) is 10.4 Å². The third-order valence-electron chi connectivity index (χ3n) is 5.33. The molecule has 2 atom stereocenters. The van der Waals surface area contributed by atoms with Crippen LogP contribution >= 0.6 is 0 Å². The van der Waals surface area contributed by atoms with Gasteiger partial charge in [-0.15, -0.1) is 0 Å². The number of amides is 1. The summed E-state index contributed by atoms with van der Waals surface area (Å²) in [6.45, 7) is 1.52. The van der Waals surface area contributed by atoms with Crippen LogP contribution in [0.25, 0.3) is 0 Å². The van der Waals surface area contributed by atoms with E-state index in [4.69, 9.17) is 14.2 Å². The number of benzene rings is 1. The number of fused-ring (bicyclic) bond motifs is 1. The van der Waals surface area contributed by atoms with E-state index >= 15 is 0 Å². The molecule has 2 aromatic rings. The molecular weight excluding hydrogens is 362 g/mol. The van der Waals surface area contributed by atoms with Crippen molar-refractivity contribution in [2.24, 2.45) is 0 Å². The highest BCUT2D eigenvalue weighted by molar-refractivity contribution is 5.98. The number of carbonyl (C=O) groups is 1. The first-order chi connectivity index (χ1) is 13.7.